The van der Waals surface area contributed by atoms with E-state index in [0.717, 1.165) is 29.9 Å². The minimum atomic E-state index is -0.699. The van der Waals surface area contributed by atoms with E-state index in [4.69, 9.17) is 9.73 Å². The Labute approximate surface area is 220 Å². The molecule has 4 aromatic carbocycles. The fourth-order valence-electron chi connectivity index (χ4n) is 6.36. The maximum atomic E-state index is 7.07. The average molecular weight is 490 g/mol. The lowest BCUT2D eigenvalue weighted by molar-refractivity contribution is 0.0842. The Balaban J connectivity index is 1.51. The molecule has 0 N–H and O–H groups in total. The minimum Gasteiger partial charge on any atom is -0.459 e. The third-order valence-corrected chi connectivity index (χ3v) is 8.57. The van der Waals surface area contributed by atoms with Crippen molar-refractivity contribution in [3.05, 3.63) is 83.9 Å². The summed E-state index contributed by atoms with van der Waals surface area (Å²) in [5.41, 5.74) is 7.32. The predicted molar refractivity (Wildman–Crippen MR) is 157 cm³/mol. The van der Waals surface area contributed by atoms with E-state index in [0.29, 0.717) is 0 Å². The lowest BCUT2D eigenvalue weighted by Crippen LogP contribution is -2.61. The van der Waals surface area contributed by atoms with Crippen LogP contribution in [0.1, 0.15) is 38.8 Å². The molecule has 1 unspecified atom stereocenters. The van der Waals surface area contributed by atoms with E-state index in [2.05, 4.69) is 124 Å². The van der Waals surface area contributed by atoms with Gasteiger partial charge in [0.25, 0.3) is 0 Å². The molecule has 0 fully saturated rings. The van der Waals surface area contributed by atoms with Crippen LogP contribution in [0, 0.1) is 6.92 Å². The van der Waals surface area contributed by atoms with Crippen LogP contribution in [0.4, 0.5) is 17.1 Å². The number of likely N-dealkylation sites (N-methyl/N-ethyl adjacent to an activating group) is 1. The summed E-state index contributed by atoms with van der Waals surface area (Å²) in [6.45, 7) is 13.1. The molecule has 0 amide bonds. The van der Waals surface area contributed by atoms with Gasteiger partial charge in [-0.25, -0.2) is 0 Å². The molecule has 0 aromatic heterocycles. The standard InChI is InChI=1S/C33H35N3O/c1-7-36(8-2)23-17-18-24(22(3)19-23)27-20-29-31(26-14-10-9-13-25(26)27)37-33(21-34-29)32(4,5)28-15-11-12-16-30(28)35(33)6/h9-21H,7-8H2,1-6H3. The molecular weight excluding hydrogens is 454 g/mol. The van der Waals surface area contributed by atoms with Crippen molar-refractivity contribution in [1.29, 1.82) is 0 Å². The van der Waals surface area contributed by atoms with Gasteiger partial charge in [-0.1, -0.05) is 48.5 Å². The summed E-state index contributed by atoms with van der Waals surface area (Å²) in [6.07, 6.45) is 2.02. The van der Waals surface area contributed by atoms with Crippen LogP contribution < -0.4 is 14.5 Å². The summed E-state index contributed by atoms with van der Waals surface area (Å²) in [7, 11) is 2.11. The summed E-state index contributed by atoms with van der Waals surface area (Å²) < 4.78 is 7.07. The smallest absolute Gasteiger partial charge is 0.228 e. The molecule has 2 heterocycles. The Hall–Kier alpha value is -3.79. The normalized spacial score (nSPS) is 19.1. The van der Waals surface area contributed by atoms with Crippen LogP contribution in [-0.2, 0) is 5.41 Å². The van der Waals surface area contributed by atoms with Gasteiger partial charge in [0.05, 0.1) is 11.6 Å². The second-order valence-electron chi connectivity index (χ2n) is 10.7. The van der Waals surface area contributed by atoms with Crippen LogP contribution in [0.3, 0.4) is 0 Å². The first kappa shape index (κ1) is 23.6. The molecule has 1 atom stereocenters. The van der Waals surface area contributed by atoms with Crippen molar-refractivity contribution >= 4 is 34.0 Å². The van der Waals surface area contributed by atoms with Gasteiger partial charge >= 0.3 is 0 Å². The largest absolute Gasteiger partial charge is 0.459 e. The van der Waals surface area contributed by atoms with Gasteiger partial charge in [0.15, 0.2) is 5.75 Å². The van der Waals surface area contributed by atoms with Crippen molar-refractivity contribution in [3.8, 4) is 16.9 Å². The highest BCUT2D eigenvalue weighted by atomic mass is 16.5. The van der Waals surface area contributed by atoms with E-state index in [1.165, 1.54) is 39.0 Å². The fraction of sp³-hybridized carbons (Fsp3) is 0.303. The Morgan fingerprint density at radius 2 is 1.57 bits per heavy atom. The minimum absolute atomic E-state index is 0.282. The lowest BCUT2D eigenvalue weighted by atomic mass is 9.77. The monoisotopic (exact) mass is 489 g/mol. The number of benzene rings is 4. The van der Waals surface area contributed by atoms with Crippen LogP contribution in [0.2, 0.25) is 0 Å². The molecule has 0 saturated heterocycles. The molecule has 4 aromatic rings. The van der Waals surface area contributed by atoms with Crippen molar-refractivity contribution in [2.45, 2.75) is 45.8 Å². The van der Waals surface area contributed by atoms with Crippen LogP contribution in [-0.4, -0.2) is 32.1 Å². The highest BCUT2D eigenvalue weighted by molar-refractivity contribution is 6.06. The molecule has 1 spiro atoms. The third-order valence-electron chi connectivity index (χ3n) is 8.57. The average Bonchev–Trinajstić information content (AvgIpc) is 3.07. The van der Waals surface area contributed by atoms with Gasteiger partial charge in [-0.3, -0.25) is 4.99 Å². The van der Waals surface area contributed by atoms with E-state index in [1.54, 1.807) is 0 Å². The first-order chi connectivity index (χ1) is 17.8. The number of hydrogen-bond donors (Lipinski definition) is 0. The SMILES string of the molecule is CCN(CC)c1ccc(-c2cc3c(c4ccccc24)OC2(C=N3)N(C)c3ccccc3C2(C)C)c(C)c1. The molecule has 37 heavy (non-hydrogen) atoms. The molecule has 2 aliphatic rings. The van der Waals surface area contributed by atoms with Crippen LogP contribution in [0.5, 0.6) is 5.75 Å². The van der Waals surface area contributed by atoms with Crippen molar-refractivity contribution in [3.63, 3.8) is 0 Å². The first-order valence-electron chi connectivity index (χ1n) is 13.3. The second kappa shape index (κ2) is 8.37. The number of rotatable bonds is 4. The maximum absolute atomic E-state index is 7.07. The van der Waals surface area contributed by atoms with Gasteiger partial charge < -0.3 is 14.5 Å². The van der Waals surface area contributed by atoms with E-state index < -0.39 is 5.72 Å². The second-order valence-corrected chi connectivity index (χ2v) is 10.7. The number of aliphatic imine (C=N–C) groups is 1. The molecular formula is C33H35N3O. The molecule has 188 valence electrons. The fourth-order valence-corrected chi connectivity index (χ4v) is 6.36. The zero-order valence-electron chi connectivity index (χ0n) is 22.7. The first-order valence-corrected chi connectivity index (χ1v) is 13.3. The highest BCUT2D eigenvalue weighted by Gasteiger charge is 2.58. The molecule has 2 aliphatic heterocycles. The predicted octanol–water partition coefficient (Wildman–Crippen LogP) is 7.88. The van der Waals surface area contributed by atoms with Crippen molar-refractivity contribution in [1.82, 2.24) is 0 Å². The third kappa shape index (κ3) is 3.24. The topological polar surface area (TPSA) is 28.1 Å². The molecule has 0 aliphatic carbocycles. The maximum Gasteiger partial charge on any atom is 0.228 e. The Kier molecular flexibility index (Phi) is 5.34. The van der Waals surface area contributed by atoms with E-state index in [1.807, 2.05) is 6.21 Å². The van der Waals surface area contributed by atoms with Gasteiger partial charge in [0.1, 0.15) is 5.69 Å². The number of nitrogens with zero attached hydrogens (tertiary/aromatic N) is 3. The Morgan fingerprint density at radius 1 is 0.865 bits per heavy atom. The number of anilines is 2. The number of aryl methyl sites for hydroxylation is 1. The van der Waals surface area contributed by atoms with Gasteiger partial charge in [-0.2, -0.15) is 0 Å². The highest BCUT2D eigenvalue weighted by Crippen LogP contribution is 2.55. The lowest BCUT2D eigenvalue weighted by Gasteiger charge is -2.45. The zero-order valence-corrected chi connectivity index (χ0v) is 22.7. The summed E-state index contributed by atoms with van der Waals surface area (Å²) in [5.74, 6) is 0.854. The van der Waals surface area contributed by atoms with Gasteiger partial charge in [-0.05, 0) is 86.5 Å². The van der Waals surface area contributed by atoms with Crippen molar-refractivity contribution < 1.29 is 4.74 Å². The number of ether oxygens (including phenoxy) is 1. The molecule has 0 radical (unpaired) electrons. The molecule has 0 bridgehead atoms. The van der Waals surface area contributed by atoms with Gasteiger partial charge in [0.2, 0.25) is 5.72 Å². The molecule has 4 nitrogen and oxygen atoms in total. The van der Waals surface area contributed by atoms with Gasteiger partial charge in [-0.15, -0.1) is 0 Å². The Morgan fingerprint density at radius 3 is 2.27 bits per heavy atom. The molecule has 4 heteroatoms. The summed E-state index contributed by atoms with van der Waals surface area (Å²) >= 11 is 0. The van der Waals surface area contributed by atoms with Crippen LogP contribution in [0.25, 0.3) is 21.9 Å². The summed E-state index contributed by atoms with van der Waals surface area (Å²) in [6, 6.07) is 26.2. The van der Waals surface area contributed by atoms with Crippen LogP contribution in [0.15, 0.2) is 77.8 Å². The van der Waals surface area contributed by atoms with Crippen molar-refractivity contribution in [2.75, 3.05) is 29.9 Å². The van der Waals surface area contributed by atoms with Crippen LogP contribution >= 0.6 is 0 Å². The van der Waals surface area contributed by atoms with E-state index in [9.17, 15) is 0 Å². The van der Waals surface area contributed by atoms with Crippen molar-refractivity contribution in [2.24, 2.45) is 4.99 Å². The zero-order chi connectivity index (χ0) is 25.9. The number of para-hydroxylation sites is 1. The number of hydrogen-bond acceptors (Lipinski definition) is 4. The summed E-state index contributed by atoms with van der Waals surface area (Å²) in [4.78, 5) is 9.73. The molecule has 6 rings (SSSR count). The quantitative estimate of drug-likeness (QED) is 0.292. The van der Waals surface area contributed by atoms with E-state index in [-0.39, 0.29) is 5.41 Å². The summed E-state index contributed by atoms with van der Waals surface area (Å²) in [5, 5.41) is 2.28. The number of fused-ring (bicyclic) bond motifs is 4. The van der Waals surface area contributed by atoms with Gasteiger partial charge in [0, 0.05) is 36.9 Å². The Bertz CT molecular complexity index is 1550. The van der Waals surface area contributed by atoms with E-state index >= 15 is 0 Å². The molecule has 0 saturated carbocycles.